The van der Waals surface area contributed by atoms with Crippen molar-refractivity contribution in [2.45, 2.75) is 4.90 Å². The molecule has 0 amide bonds. The van der Waals surface area contributed by atoms with Crippen LogP contribution in [0.5, 0.6) is 0 Å². The van der Waals surface area contributed by atoms with Crippen molar-refractivity contribution < 1.29 is 8.42 Å². The minimum atomic E-state index is -3.27. The molecule has 0 bridgehead atoms. The van der Waals surface area contributed by atoms with Crippen LogP contribution in [0.25, 0.3) is 10.6 Å². The van der Waals surface area contributed by atoms with Gasteiger partial charge < -0.3 is 5.73 Å². The topological polar surface area (TPSA) is 85.9 Å². The Morgan fingerprint density at radius 1 is 1.25 bits per heavy atom. The first kappa shape index (κ1) is 11.0. The van der Waals surface area contributed by atoms with Gasteiger partial charge in [0.05, 0.1) is 4.90 Å². The molecular weight excluding hydrogens is 246 g/mol. The van der Waals surface area contributed by atoms with Crippen LogP contribution < -0.4 is 5.73 Å². The molecule has 2 aromatic rings. The van der Waals surface area contributed by atoms with Gasteiger partial charge in [-0.1, -0.05) is 29.5 Å². The number of benzene rings is 1. The second kappa shape index (κ2) is 3.84. The van der Waals surface area contributed by atoms with E-state index in [0.29, 0.717) is 15.7 Å². The lowest BCUT2D eigenvalue weighted by Crippen LogP contribution is -1.99. The largest absolute Gasteiger partial charge is 0.374 e. The van der Waals surface area contributed by atoms with Gasteiger partial charge in [-0.05, 0) is 6.07 Å². The summed E-state index contributed by atoms with van der Waals surface area (Å²) in [5.41, 5.74) is 6.01. The van der Waals surface area contributed by atoms with Crippen LogP contribution in [0, 0.1) is 0 Å². The maximum Gasteiger partial charge on any atom is 0.203 e. The normalized spacial score (nSPS) is 11.6. The molecule has 16 heavy (non-hydrogen) atoms. The van der Waals surface area contributed by atoms with Crippen molar-refractivity contribution in [2.75, 3.05) is 12.0 Å². The fourth-order valence-corrected chi connectivity index (χ4v) is 2.91. The molecular formula is C9H9N3O2S2. The molecule has 0 aliphatic heterocycles. The van der Waals surface area contributed by atoms with E-state index in [9.17, 15) is 8.42 Å². The fraction of sp³-hybridized carbons (Fsp3) is 0.111. The molecule has 0 unspecified atom stereocenters. The lowest BCUT2D eigenvalue weighted by Gasteiger charge is -2.03. The molecule has 5 nitrogen and oxygen atoms in total. The van der Waals surface area contributed by atoms with Gasteiger partial charge in [0.15, 0.2) is 14.8 Å². The molecule has 0 spiro atoms. The molecule has 0 aliphatic carbocycles. The average molecular weight is 255 g/mol. The smallest absolute Gasteiger partial charge is 0.203 e. The summed E-state index contributed by atoms with van der Waals surface area (Å²) >= 11 is 1.16. The first-order valence-electron chi connectivity index (χ1n) is 4.37. The van der Waals surface area contributed by atoms with Crippen LogP contribution in [0.3, 0.4) is 0 Å². The summed E-state index contributed by atoms with van der Waals surface area (Å²) in [4.78, 5) is 0.242. The molecule has 2 rings (SSSR count). The van der Waals surface area contributed by atoms with E-state index in [1.165, 1.54) is 0 Å². The third-order valence-electron chi connectivity index (χ3n) is 1.96. The zero-order valence-electron chi connectivity index (χ0n) is 8.41. The Hall–Kier alpha value is -1.47. The van der Waals surface area contributed by atoms with Crippen LogP contribution in [0.2, 0.25) is 0 Å². The summed E-state index contributed by atoms with van der Waals surface area (Å²) in [6, 6.07) is 6.66. The number of aromatic nitrogens is 2. The molecule has 2 N–H and O–H groups in total. The van der Waals surface area contributed by atoms with Crippen molar-refractivity contribution in [3.05, 3.63) is 24.3 Å². The Labute approximate surface area is 96.9 Å². The van der Waals surface area contributed by atoms with Crippen LogP contribution in [0.1, 0.15) is 0 Å². The molecule has 1 aromatic carbocycles. The van der Waals surface area contributed by atoms with E-state index in [1.807, 2.05) is 0 Å². The van der Waals surface area contributed by atoms with Crippen LogP contribution in [-0.2, 0) is 9.84 Å². The Morgan fingerprint density at radius 2 is 1.94 bits per heavy atom. The van der Waals surface area contributed by atoms with Crippen LogP contribution >= 0.6 is 11.3 Å². The third-order valence-corrected chi connectivity index (χ3v) is 3.90. The van der Waals surface area contributed by atoms with Crippen molar-refractivity contribution in [2.24, 2.45) is 0 Å². The van der Waals surface area contributed by atoms with Gasteiger partial charge in [-0.15, -0.1) is 10.2 Å². The number of nitrogens with two attached hydrogens (primary N) is 1. The van der Waals surface area contributed by atoms with Crippen molar-refractivity contribution in [1.82, 2.24) is 10.2 Å². The van der Waals surface area contributed by atoms with E-state index in [-0.39, 0.29) is 4.90 Å². The number of nitrogens with zero attached hydrogens (tertiary/aromatic N) is 2. The van der Waals surface area contributed by atoms with Gasteiger partial charge in [-0.2, -0.15) is 0 Å². The highest BCUT2D eigenvalue weighted by atomic mass is 32.2. The van der Waals surface area contributed by atoms with Gasteiger partial charge in [-0.25, -0.2) is 8.42 Å². The molecule has 0 fully saturated rings. The van der Waals surface area contributed by atoms with Crippen LogP contribution in [-0.4, -0.2) is 24.9 Å². The van der Waals surface area contributed by atoms with E-state index >= 15 is 0 Å². The molecule has 0 aliphatic rings. The van der Waals surface area contributed by atoms with Crippen LogP contribution in [0.15, 0.2) is 29.2 Å². The van der Waals surface area contributed by atoms with E-state index < -0.39 is 9.84 Å². The summed E-state index contributed by atoms with van der Waals surface area (Å²) in [6.07, 6.45) is 1.16. The molecule has 7 heteroatoms. The Balaban J connectivity index is 2.66. The fourth-order valence-electron chi connectivity index (χ4n) is 1.31. The lowest BCUT2D eigenvalue weighted by molar-refractivity contribution is 0.602. The number of rotatable bonds is 2. The number of sulfone groups is 1. The standard InChI is InChI=1S/C9H9N3O2S2/c1-16(13,14)7-5-3-2-4-6(7)8-11-12-9(10)15-8/h2-5H,1H3,(H2,10,12). The Kier molecular flexibility index (Phi) is 2.64. The van der Waals surface area contributed by atoms with Crippen LogP contribution in [0.4, 0.5) is 5.13 Å². The molecule has 1 heterocycles. The highest BCUT2D eigenvalue weighted by molar-refractivity contribution is 7.90. The summed E-state index contributed by atoms with van der Waals surface area (Å²) in [5.74, 6) is 0. The molecule has 0 saturated carbocycles. The Bertz CT molecular complexity index is 619. The minimum Gasteiger partial charge on any atom is -0.374 e. The number of hydrogen-bond donors (Lipinski definition) is 1. The quantitative estimate of drug-likeness (QED) is 0.871. The zero-order valence-corrected chi connectivity index (χ0v) is 10.0. The Morgan fingerprint density at radius 3 is 2.50 bits per heavy atom. The second-order valence-corrected chi connectivity index (χ2v) is 6.21. The SMILES string of the molecule is CS(=O)(=O)c1ccccc1-c1nnc(N)s1. The summed E-state index contributed by atoms with van der Waals surface area (Å²) in [5, 5.41) is 8.34. The first-order valence-corrected chi connectivity index (χ1v) is 7.08. The highest BCUT2D eigenvalue weighted by Gasteiger charge is 2.16. The monoisotopic (exact) mass is 255 g/mol. The molecule has 1 aromatic heterocycles. The van der Waals surface area contributed by atoms with E-state index in [4.69, 9.17) is 5.73 Å². The van der Waals surface area contributed by atoms with Gasteiger partial charge in [-0.3, -0.25) is 0 Å². The van der Waals surface area contributed by atoms with E-state index in [2.05, 4.69) is 10.2 Å². The van der Waals surface area contributed by atoms with Crippen molar-refractivity contribution in [3.8, 4) is 10.6 Å². The van der Waals surface area contributed by atoms with Gasteiger partial charge in [0, 0.05) is 11.8 Å². The van der Waals surface area contributed by atoms with E-state index in [1.54, 1.807) is 24.3 Å². The summed E-state index contributed by atoms with van der Waals surface area (Å²) < 4.78 is 23.1. The van der Waals surface area contributed by atoms with E-state index in [0.717, 1.165) is 17.6 Å². The van der Waals surface area contributed by atoms with Gasteiger partial charge in [0.2, 0.25) is 5.13 Å². The maximum atomic E-state index is 11.6. The number of hydrogen-bond acceptors (Lipinski definition) is 6. The first-order chi connectivity index (χ1) is 7.48. The number of nitrogen functional groups attached to an aromatic ring is 1. The second-order valence-electron chi connectivity index (χ2n) is 3.21. The van der Waals surface area contributed by atoms with Gasteiger partial charge >= 0.3 is 0 Å². The number of anilines is 1. The molecule has 84 valence electrons. The maximum absolute atomic E-state index is 11.6. The average Bonchev–Trinajstić information content (AvgIpc) is 2.64. The van der Waals surface area contributed by atoms with Gasteiger partial charge in [0.1, 0.15) is 0 Å². The van der Waals surface area contributed by atoms with Crippen molar-refractivity contribution >= 4 is 26.3 Å². The summed E-state index contributed by atoms with van der Waals surface area (Å²) in [6.45, 7) is 0. The zero-order chi connectivity index (χ0) is 11.8. The van der Waals surface area contributed by atoms with Gasteiger partial charge in [0.25, 0.3) is 0 Å². The molecule has 0 atom stereocenters. The summed E-state index contributed by atoms with van der Waals surface area (Å²) in [7, 11) is -3.27. The lowest BCUT2D eigenvalue weighted by atomic mass is 10.2. The predicted octanol–water partition coefficient (Wildman–Crippen LogP) is 1.19. The highest BCUT2D eigenvalue weighted by Crippen LogP contribution is 2.30. The van der Waals surface area contributed by atoms with Crippen molar-refractivity contribution in [1.29, 1.82) is 0 Å². The molecule has 0 radical (unpaired) electrons. The van der Waals surface area contributed by atoms with Crippen molar-refractivity contribution in [3.63, 3.8) is 0 Å². The predicted molar refractivity (Wildman–Crippen MR) is 62.9 cm³/mol. The molecule has 0 saturated heterocycles. The minimum absolute atomic E-state index is 0.242. The third kappa shape index (κ3) is 2.05.